The molecule has 6 aromatic carbocycles. The van der Waals surface area contributed by atoms with Crippen molar-refractivity contribution in [2.75, 3.05) is 0 Å². The zero-order valence-electron chi connectivity index (χ0n) is 29.0. The Morgan fingerprint density at radius 3 is 1.70 bits per heavy atom. The van der Waals surface area contributed by atoms with Gasteiger partial charge in [-0.05, 0) is 69.8 Å². The standard InChI is InChI=1S/C47H30N4OS/c1-47(2)39-21-27(29-23-48-45(49-24-29)37-13-7-11-35-33-9-3-5-15-41(33)52-43(35)37)17-19-31(39)32-20-18-28(22-40(32)47)30-25-50-46(51-26-30)38-14-8-12-36-34-10-4-6-16-42(34)53-44(36)38/h3-26H,1-2H3. The summed E-state index contributed by atoms with van der Waals surface area (Å²) >= 11 is 1.80. The predicted octanol–water partition coefficient (Wildman–Crippen LogP) is 12.5. The minimum atomic E-state index is -0.202. The number of nitrogens with zero attached hydrogens (tertiary/aromatic N) is 4. The van der Waals surface area contributed by atoms with E-state index in [-0.39, 0.29) is 5.41 Å². The van der Waals surface area contributed by atoms with Gasteiger partial charge in [-0.2, -0.15) is 0 Å². The number of hydrogen-bond donors (Lipinski definition) is 0. The molecular weight excluding hydrogens is 669 g/mol. The van der Waals surface area contributed by atoms with Gasteiger partial charge in [0.15, 0.2) is 11.6 Å². The van der Waals surface area contributed by atoms with E-state index in [4.69, 9.17) is 24.4 Å². The molecule has 0 aliphatic heterocycles. The zero-order chi connectivity index (χ0) is 35.3. The highest BCUT2D eigenvalue weighted by Crippen LogP contribution is 2.50. The lowest BCUT2D eigenvalue weighted by atomic mass is 9.81. The second-order valence-corrected chi connectivity index (χ2v) is 15.3. The Balaban J connectivity index is 0.898. The fourth-order valence-corrected chi connectivity index (χ4v) is 9.39. The van der Waals surface area contributed by atoms with Crippen LogP contribution in [0.3, 0.4) is 0 Å². The number of rotatable bonds is 4. The molecule has 0 bridgehead atoms. The van der Waals surface area contributed by atoms with E-state index in [1.54, 1.807) is 11.3 Å². The van der Waals surface area contributed by atoms with Gasteiger partial charge < -0.3 is 4.42 Å². The summed E-state index contributed by atoms with van der Waals surface area (Å²) in [6.07, 6.45) is 7.76. The molecule has 5 nitrogen and oxygen atoms in total. The first-order valence-electron chi connectivity index (χ1n) is 17.8. The number of para-hydroxylation sites is 2. The predicted molar refractivity (Wildman–Crippen MR) is 217 cm³/mol. The van der Waals surface area contributed by atoms with Crippen LogP contribution in [0, 0.1) is 0 Å². The van der Waals surface area contributed by atoms with Crippen LogP contribution in [-0.4, -0.2) is 19.9 Å². The Bertz CT molecular complexity index is 2870. The van der Waals surface area contributed by atoms with Gasteiger partial charge in [0.2, 0.25) is 0 Å². The van der Waals surface area contributed by atoms with Gasteiger partial charge in [-0.1, -0.05) is 98.8 Å². The summed E-state index contributed by atoms with van der Waals surface area (Å²) in [5.41, 5.74) is 12.7. The number of hydrogen-bond acceptors (Lipinski definition) is 6. The summed E-state index contributed by atoms with van der Waals surface area (Å²) in [4.78, 5) is 19.4. The van der Waals surface area contributed by atoms with Gasteiger partial charge in [0, 0.05) is 77.8 Å². The van der Waals surface area contributed by atoms with Crippen molar-refractivity contribution in [3.63, 3.8) is 0 Å². The molecule has 0 radical (unpaired) electrons. The molecule has 250 valence electrons. The summed E-state index contributed by atoms with van der Waals surface area (Å²) < 4.78 is 8.75. The first kappa shape index (κ1) is 30.2. The van der Waals surface area contributed by atoms with E-state index in [0.717, 1.165) is 61.1 Å². The van der Waals surface area contributed by atoms with Crippen LogP contribution < -0.4 is 0 Å². The molecule has 0 fully saturated rings. The second kappa shape index (κ2) is 11.2. The largest absolute Gasteiger partial charge is 0.455 e. The number of fused-ring (bicyclic) bond motifs is 9. The van der Waals surface area contributed by atoms with Crippen molar-refractivity contribution in [1.29, 1.82) is 0 Å². The van der Waals surface area contributed by atoms with Crippen LogP contribution >= 0.6 is 11.3 Å². The Labute approximate surface area is 309 Å². The van der Waals surface area contributed by atoms with E-state index in [0.29, 0.717) is 5.82 Å². The van der Waals surface area contributed by atoms with Crippen molar-refractivity contribution in [2.24, 2.45) is 0 Å². The van der Waals surface area contributed by atoms with Crippen LogP contribution in [0.5, 0.6) is 0 Å². The van der Waals surface area contributed by atoms with Crippen molar-refractivity contribution in [3.05, 3.63) is 157 Å². The molecule has 10 aromatic rings. The molecule has 1 aliphatic carbocycles. The average molecular weight is 699 g/mol. The summed E-state index contributed by atoms with van der Waals surface area (Å²) in [6.45, 7) is 4.62. The monoisotopic (exact) mass is 698 g/mol. The van der Waals surface area contributed by atoms with Gasteiger partial charge in [-0.3, -0.25) is 0 Å². The van der Waals surface area contributed by atoms with Gasteiger partial charge in [0.05, 0.1) is 5.56 Å². The lowest BCUT2D eigenvalue weighted by Gasteiger charge is -2.22. The van der Waals surface area contributed by atoms with Crippen LogP contribution in [0.2, 0.25) is 0 Å². The third-order valence-corrected chi connectivity index (χ3v) is 12.2. The second-order valence-electron chi connectivity index (χ2n) is 14.3. The Morgan fingerprint density at radius 1 is 0.472 bits per heavy atom. The Kier molecular flexibility index (Phi) is 6.40. The maximum atomic E-state index is 6.25. The minimum Gasteiger partial charge on any atom is -0.455 e. The third kappa shape index (κ3) is 4.55. The minimum absolute atomic E-state index is 0.202. The Morgan fingerprint density at radius 2 is 1.02 bits per heavy atom. The van der Waals surface area contributed by atoms with E-state index in [1.807, 2.05) is 55.1 Å². The van der Waals surface area contributed by atoms with Crippen molar-refractivity contribution in [2.45, 2.75) is 19.3 Å². The average Bonchev–Trinajstić information content (AvgIpc) is 3.86. The molecular formula is C47H30N4OS. The van der Waals surface area contributed by atoms with Gasteiger partial charge in [0.1, 0.15) is 11.2 Å². The van der Waals surface area contributed by atoms with E-state index >= 15 is 0 Å². The summed E-state index contributed by atoms with van der Waals surface area (Å²) in [7, 11) is 0. The maximum Gasteiger partial charge on any atom is 0.162 e. The number of thiophene rings is 1. The van der Waals surface area contributed by atoms with Gasteiger partial charge in [0.25, 0.3) is 0 Å². The van der Waals surface area contributed by atoms with E-state index < -0.39 is 0 Å². The van der Waals surface area contributed by atoms with Crippen LogP contribution in [0.4, 0.5) is 0 Å². The number of aromatic nitrogens is 4. The number of benzene rings is 6. The summed E-state index contributed by atoms with van der Waals surface area (Å²) in [6, 6.07) is 42.7. The van der Waals surface area contributed by atoms with Crippen LogP contribution in [0.15, 0.2) is 151 Å². The van der Waals surface area contributed by atoms with Crippen LogP contribution in [0.25, 0.3) is 98.3 Å². The highest BCUT2D eigenvalue weighted by Gasteiger charge is 2.36. The van der Waals surface area contributed by atoms with E-state index in [9.17, 15) is 0 Å². The van der Waals surface area contributed by atoms with Crippen LogP contribution in [-0.2, 0) is 5.41 Å². The Hall–Kier alpha value is -6.50. The smallest absolute Gasteiger partial charge is 0.162 e. The third-order valence-electron chi connectivity index (χ3n) is 10.9. The highest BCUT2D eigenvalue weighted by atomic mass is 32.1. The zero-order valence-corrected chi connectivity index (χ0v) is 29.8. The molecule has 11 rings (SSSR count). The molecule has 0 N–H and O–H groups in total. The highest BCUT2D eigenvalue weighted by molar-refractivity contribution is 7.26. The molecule has 4 aromatic heterocycles. The van der Waals surface area contributed by atoms with Crippen molar-refractivity contribution in [3.8, 4) is 56.2 Å². The summed E-state index contributed by atoms with van der Waals surface area (Å²) in [5.74, 6) is 1.39. The van der Waals surface area contributed by atoms with E-state index in [1.165, 1.54) is 42.4 Å². The fraction of sp³-hybridized carbons (Fsp3) is 0.0638. The molecule has 4 heterocycles. The van der Waals surface area contributed by atoms with Gasteiger partial charge >= 0.3 is 0 Å². The van der Waals surface area contributed by atoms with Gasteiger partial charge in [-0.25, -0.2) is 19.9 Å². The van der Waals surface area contributed by atoms with Crippen molar-refractivity contribution < 1.29 is 4.42 Å². The van der Waals surface area contributed by atoms with Crippen molar-refractivity contribution in [1.82, 2.24) is 19.9 Å². The first-order chi connectivity index (χ1) is 26.0. The topological polar surface area (TPSA) is 64.7 Å². The maximum absolute atomic E-state index is 6.25. The summed E-state index contributed by atoms with van der Waals surface area (Å²) in [5, 5.41) is 4.69. The number of furan rings is 1. The molecule has 53 heavy (non-hydrogen) atoms. The van der Waals surface area contributed by atoms with Crippen LogP contribution in [0.1, 0.15) is 25.0 Å². The molecule has 1 aliphatic rings. The first-order valence-corrected chi connectivity index (χ1v) is 18.6. The molecule has 6 heteroatoms. The lowest BCUT2D eigenvalue weighted by Crippen LogP contribution is -2.15. The molecule has 0 unspecified atom stereocenters. The molecule has 0 saturated carbocycles. The molecule has 0 atom stereocenters. The van der Waals surface area contributed by atoms with Crippen molar-refractivity contribution >= 4 is 53.4 Å². The SMILES string of the molecule is CC1(C)c2cc(-c3cnc(-c4cccc5c4oc4ccccc45)nc3)ccc2-c2ccc(-c3cnc(-c4cccc5c4sc4ccccc45)nc3)cc21. The molecule has 0 saturated heterocycles. The normalized spacial score (nSPS) is 13.2. The quantitative estimate of drug-likeness (QED) is 0.183. The molecule has 0 amide bonds. The molecule has 0 spiro atoms. The fourth-order valence-electron chi connectivity index (χ4n) is 8.18. The lowest BCUT2D eigenvalue weighted by molar-refractivity contribution is 0.661. The van der Waals surface area contributed by atoms with E-state index in [2.05, 4.69) is 105 Å². The van der Waals surface area contributed by atoms with Gasteiger partial charge in [-0.15, -0.1) is 11.3 Å².